The fourth-order valence-corrected chi connectivity index (χ4v) is 2.82. The highest BCUT2D eigenvalue weighted by Gasteiger charge is 2.16. The van der Waals surface area contributed by atoms with Crippen LogP contribution in [0.1, 0.15) is 11.8 Å². The molecule has 0 radical (unpaired) electrons. The van der Waals surface area contributed by atoms with E-state index < -0.39 is 0 Å². The molecule has 0 amide bonds. The van der Waals surface area contributed by atoms with Gasteiger partial charge < -0.3 is 4.74 Å². The third-order valence-corrected chi connectivity index (χ3v) is 3.55. The minimum Gasteiger partial charge on any atom is -0.376 e. The van der Waals surface area contributed by atoms with Crippen LogP contribution in [0.15, 0.2) is 12.1 Å². The number of hydrogen-bond donors (Lipinski definition) is 0. The van der Waals surface area contributed by atoms with Gasteiger partial charge in [0.25, 0.3) is 0 Å². The molecule has 1 saturated heterocycles. The van der Waals surface area contributed by atoms with Gasteiger partial charge in [-0.1, -0.05) is 11.6 Å². The van der Waals surface area contributed by atoms with Crippen LogP contribution < -0.4 is 0 Å². The van der Waals surface area contributed by atoms with Gasteiger partial charge in [-0.25, -0.2) is 0 Å². The maximum absolute atomic E-state index is 5.88. The lowest BCUT2D eigenvalue weighted by Crippen LogP contribution is -2.40. The van der Waals surface area contributed by atoms with Crippen LogP contribution in [-0.2, 0) is 11.3 Å². The molecule has 0 saturated carbocycles. The molecule has 4 heteroatoms. The van der Waals surface area contributed by atoms with E-state index in [-0.39, 0.29) is 0 Å². The third kappa shape index (κ3) is 2.70. The van der Waals surface area contributed by atoms with Crippen LogP contribution >= 0.6 is 22.9 Å². The van der Waals surface area contributed by atoms with Gasteiger partial charge in [0.2, 0.25) is 0 Å². The molecular weight excluding hydrogens is 218 g/mol. The maximum Gasteiger partial charge on any atom is 0.0931 e. The summed E-state index contributed by atoms with van der Waals surface area (Å²) in [7, 11) is 0. The van der Waals surface area contributed by atoms with Gasteiger partial charge in [0.1, 0.15) is 0 Å². The molecule has 1 aromatic rings. The Balaban J connectivity index is 1.90. The molecule has 0 bridgehead atoms. The summed E-state index contributed by atoms with van der Waals surface area (Å²) in [6, 6.07) is 4.07. The van der Waals surface area contributed by atoms with Crippen LogP contribution in [0.3, 0.4) is 0 Å². The van der Waals surface area contributed by atoms with Gasteiger partial charge in [-0.05, 0) is 19.1 Å². The number of morpholine rings is 1. The van der Waals surface area contributed by atoms with Crippen molar-refractivity contribution in [2.24, 2.45) is 0 Å². The lowest BCUT2D eigenvalue weighted by atomic mass is 10.3. The minimum absolute atomic E-state index is 0.360. The van der Waals surface area contributed by atoms with Gasteiger partial charge in [-0.15, -0.1) is 11.3 Å². The first-order valence-corrected chi connectivity index (χ1v) is 6.01. The Morgan fingerprint density at radius 1 is 1.64 bits per heavy atom. The number of nitrogens with zero attached hydrogens (tertiary/aromatic N) is 1. The number of rotatable bonds is 2. The standard InChI is InChI=1S/C10H14ClNOS/c1-8-6-12(4-5-13-8)7-9-2-3-10(11)14-9/h2-3,8H,4-7H2,1H3/t8-/m0/s1. The predicted molar refractivity (Wildman–Crippen MR) is 60.0 cm³/mol. The van der Waals surface area contributed by atoms with Crippen LogP contribution in [0.4, 0.5) is 0 Å². The molecule has 14 heavy (non-hydrogen) atoms. The first kappa shape index (κ1) is 10.4. The summed E-state index contributed by atoms with van der Waals surface area (Å²) >= 11 is 7.55. The van der Waals surface area contributed by atoms with E-state index in [1.54, 1.807) is 11.3 Å². The molecule has 0 N–H and O–H groups in total. The van der Waals surface area contributed by atoms with E-state index >= 15 is 0 Å². The second kappa shape index (κ2) is 4.62. The number of thiophene rings is 1. The third-order valence-electron chi connectivity index (χ3n) is 2.33. The van der Waals surface area contributed by atoms with Crippen molar-refractivity contribution in [2.75, 3.05) is 19.7 Å². The summed E-state index contributed by atoms with van der Waals surface area (Å²) in [6.45, 7) is 6.02. The van der Waals surface area contributed by atoms with Crippen molar-refractivity contribution in [2.45, 2.75) is 19.6 Å². The van der Waals surface area contributed by atoms with Crippen molar-refractivity contribution < 1.29 is 4.74 Å². The lowest BCUT2D eigenvalue weighted by Gasteiger charge is -2.30. The van der Waals surface area contributed by atoms with Gasteiger partial charge in [0.15, 0.2) is 0 Å². The topological polar surface area (TPSA) is 12.5 Å². The highest BCUT2D eigenvalue weighted by Crippen LogP contribution is 2.23. The smallest absolute Gasteiger partial charge is 0.0931 e. The van der Waals surface area contributed by atoms with Crippen molar-refractivity contribution in [3.63, 3.8) is 0 Å². The summed E-state index contributed by atoms with van der Waals surface area (Å²) < 4.78 is 6.36. The molecule has 0 aromatic carbocycles. The van der Waals surface area contributed by atoms with Gasteiger partial charge >= 0.3 is 0 Å². The molecule has 1 aromatic heterocycles. The molecule has 1 aliphatic rings. The fraction of sp³-hybridized carbons (Fsp3) is 0.600. The van der Waals surface area contributed by atoms with E-state index in [9.17, 15) is 0 Å². The highest BCUT2D eigenvalue weighted by molar-refractivity contribution is 7.16. The van der Waals surface area contributed by atoms with E-state index in [2.05, 4.69) is 17.9 Å². The normalized spacial score (nSPS) is 24.0. The van der Waals surface area contributed by atoms with Crippen LogP contribution in [0.5, 0.6) is 0 Å². The average Bonchev–Trinajstić information content (AvgIpc) is 2.51. The summed E-state index contributed by atoms with van der Waals surface area (Å²) in [6.07, 6.45) is 0.360. The molecule has 78 valence electrons. The summed E-state index contributed by atoms with van der Waals surface area (Å²) in [5.74, 6) is 0. The molecule has 1 aliphatic heterocycles. The Morgan fingerprint density at radius 2 is 2.50 bits per heavy atom. The zero-order valence-corrected chi connectivity index (χ0v) is 9.77. The molecule has 2 rings (SSSR count). The van der Waals surface area contributed by atoms with E-state index in [0.29, 0.717) is 6.10 Å². The molecular formula is C10H14ClNOS. The van der Waals surface area contributed by atoms with Gasteiger partial charge in [0, 0.05) is 24.5 Å². The fourth-order valence-electron chi connectivity index (χ4n) is 1.69. The van der Waals surface area contributed by atoms with Crippen molar-refractivity contribution in [1.29, 1.82) is 0 Å². The molecule has 0 aliphatic carbocycles. The zero-order chi connectivity index (χ0) is 9.97. The summed E-state index contributed by atoms with van der Waals surface area (Å²) in [5.41, 5.74) is 0. The maximum atomic E-state index is 5.88. The number of halogens is 1. The Kier molecular flexibility index (Phi) is 3.44. The first-order chi connectivity index (χ1) is 6.74. The van der Waals surface area contributed by atoms with Crippen molar-refractivity contribution in [1.82, 2.24) is 4.90 Å². The van der Waals surface area contributed by atoms with Crippen LogP contribution in [0.25, 0.3) is 0 Å². The molecule has 0 unspecified atom stereocenters. The lowest BCUT2D eigenvalue weighted by molar-refractivity contribution is -0.0208. The predicted octanol–water partition coefficient (Wildman–Crippen LogP) is 2.62. The SMILES string of the molecule is C[C@H]1CN(Cc2ccc(Cl)s2)CCO1. The first-order valence-electron chi connectivity index (χ1n) is 4.82. The minimum atomic E-state index is 0.360. The van der Waals surface area contributed by atoms with E-state index in [0.717, 1.165) is 30.6 Å². The Labute approximate surface area is 93.4 Å². The largest absolute Gasteiger partial charge is 0.376 e. The van der Waals surface area contributed by atoms with Crippen molar-refractivity contribution in [3.8, 4) is 0 Å². The number of hydrogen-bond acceptors (Lipinski definition) is 3. The van der Waals surface area contributed by atoms with Gasteiger partial charge in [-0.3, -0.25) is 4.90 Å². The second-order valence-corrected chi connectivity index (χ2v) is 5.42. The molecule has 1 atom stereocenters. The Morgan fingerprint density at radius 3 is 3.14 bits per heavy atom. The molecule has 0 spiro atoms. The van der Waals surface area contributed by atoms with Crippen molar-refractivity contribution >= 4 is 22.9 Å². The van der Waals surface area contributed by atoms with E-state index in [1.165, 1.54) is 4.88 Å². The second-order valence-electron chi connectivity index (χ2n) is 3.62. The van der Waals surface area contributed by atoms with Gasteiger partial charge in [-0.2, -0.15) is 0 Å². The van der Waals surface area contributed by atoms with Crippen LogP contribution in [0, 0.1) is 0 Å². The quantitative estimate of drug-likeness (QED) is 0.776. The monoisotopic (exact) mass is 231 g/mol. The number of ether oxygens (including phenoxy) is 1. The molecule has 2 nitrogen and oxygen atoms in total. The van der Waals surface area contributed by atoms with Crippen LogP contribution in [0.2, 0.25) is 4.34 Å². The summed E-state index contributed by atoms with van der Waals surface area (Å²) in [5, 5.41) is 0. The molecule has 2 heterocycles. The van der Waals surface area contributed by atoms with Gasteiger partial charge in [0.05, 0.1) is 17.0 Å². The molecule has 1 fully saturated rings. The Bertz CT molecular complexity index is 302. The zero-order valence-electron chi connectivity index (χ0n) is 8.20. The average molecular weight is 232 g/mol. The Hall–Kier alpha value is -0.0900. The van der Waals surface area contributed by atoms with E-state index in [4.69, 9.17) is 16.3 Å². The van der Waals surface area contributed by atoms with Crippen LogP contribution in [-0.4, -0.2) is 30.7 Å². The van der Waals surface area contributed by atoms with Crippen molar-refractivity contribution in [3.05, 3.63) is 21.3 Å². The summed E-state index contributed by atoms with van der Waals surface area (Å²) in [4.78, 5) is 3.75. The van der Waals surface area contributed by atoms with E-state index in [1.807, 2.05) is 6.07 Å². The highest BCUT2D eigenvalue weighted by atomic mass is 35.5.